The third-order valence-corrected chi connectivity index (χ3v) is 4.05. The number of carbonyl (C=O) groups is 1. The maximum Gasteiger partial charge on any atom is 0.325 e. The normalized spacial score (nSPS) is 12.9. The van der Waals surface area contributed by atoms with Crippen LogP contribution in [0.1, 0.15) is 16.5 Å². The van der Waals surface area contributed by atoms with Crippen molar-refractivity contribution in [3.8, 4) is 0 Å². The Morgan fingerprint density at radius 2 is 2.25 bits per heavy atom. The fraction of sp³-hybridized carbons (Fsp3) is 0.182. The molecule has 1 aromatic heterocycles. The highest BCUT2D eigenvalue weighted by atomic mass is 79.9. The van der Waals surface area contributed by atoms with E-state index in [9.17, 15) is 4.79 Å². The lowest BCUT2D eigenvalue weighted by atomic mass is 10.0. The number of aliphatic carboxylic acids is 1. The van der Waals surface area contributed by atoms with Crippen molar-refractivity contribution >= 4 is 43.3 Å². The second-order valence-corrected chi connectivity index (χ2v) is 5.70. The molecule has 0 saturated carbocycles. The van der Waals surface area contributed by atoms with E-state index in [2.05, 4.69) is 15.9 Å². The molecule has 84 valence electrons. The van der Waals surface area contributed by atoms with Crippen LogP contribution in [-0.2, 0) is 4.79 Å². The van der Waals surface area contributed by atoms with E-state index < -0.39 is 12.0 Å². The summed E-state index contributed by atoms with van der Waals surface area (Å²) in [6.07, 6.45) is 0. The lowest BCUT2D eigenvalue weighted by molar-refractivity contribution is -0.138. The molecular formula is C11H10BrNO2S. The Labute approximate surface area is 105 Å². The minimum Gasteiger partial charge on any atom is -0.480 e. The zero-order chi connectivity index (χ0) is 11.9. The van der Waals surface area contributed by atoms with Crippen molar-refractivity contribution in [1.29, 1.82) is 0 Å². The van der Waals surface area contributed by atoms with Gasteiger partial charge >= 0.3 is 5.97 Å². The Bertz CT molecular complexity index is 564. The molecule has 0 aliphatic carbocycles. The number of thiophene rings is 1. The van der Waals surface area contributed by atoms with E-state index in [0.29, 0.717) is 5.56 Å². The fourth-order valence-corrected chi connectivity index (χ4v) is 3.17. The summed E-state index contributed by atoms with van der Waals surface area (Å²) in [5.41, 5.74) is 6.41. The summed E-state index contributed by atoms with van der Waals surface area (Å²) in [4.78, 5) is 11.9. The number of hydrogen-bond acceptors (Lipinski definition) is 3. The summed E-state index contributed by atoms with van der Waals surface area (Å²) in [5, 5.41) is 9.90. The van der Waals surface area contributed by atoms with Crippen molar-refractivity contribution in [2.45, 2.75) is 13.0 Å². The van der Waals surface area contributed by atoms with Crippen LogP contribution in [0, 0.1) is 6.92 Å². The molecule has 0 aliphatic rings. The topological polar surface area (TPSA) is 63.3 Å². The smallest absolute Gasteiger partial charge is 0.325 e. The van der Waals surface area contributed by atoms with Crippen molar-refractivity contribution in [3.05, 3.63) is 33.1 Å². The molecule has 3 N–H and O–H groups in total. The van der Waals surface area contributed by atoms with Gasteiger partial charge in [-0.1, -0.05) is 15.9 Å². The number of halogens is 1. The Hall–Kier alpha value is -0.910. The van der Waals surface area contributed by atoms with E-state index in [1.807, 2.05) is 25.1 Å². The number of rotatable bonds is 2. The minimum absolute atomic E-state index is 0.716. The molecule has 5 heteroatoms. The second-order valence-electron chi connectivity index (χ2n) is 3.53. The maximum atomic E-state index is 10.9. The lowest BCUT2D eigenvalue weighted by Crippen LogP contribution is -2.20. The van der Waals surface area contributed by atoms with Crippen molar-refractivity contribution in [3.63, 3.8) is 0 Å². The average molecular weight is 300 g/mol. The van der Waals surface area contributed by atoms with Crippen LogP contribution < -0.4 is 5.73 Å². The van der Waals surface area contributed by atoms with Gasteiger partial charge in [0.2, 0.25) is 0 Å². The standard InChI is InChI=1S/C11H10BrNO2S/c1-5-9(10(13)11(14)15)7-4-6(12)2-3-8(7)16-5/h2-4,10H,13H2,1H3,(H,14,15). The highest BCUT2D eigenvalue weighted by Gasteiger charge is 2.21. The SMILES string of the molecule is Cc1sc2ccc(Br)cc2c1C(N)C(=O)O. The van der Waals surface area contributed by atoms with Crippen LogP contribution in [0.2, 0.25) is 0 Å². The lowest BCUT2D eigenvalue weighted by Gasteiger charge is -2.06. The monoisotopic (exact) mass is 299 g/mol. The average Bonchev–Trinajstić information content (AvgIpc) is 2.52. The van der Waals surface area contributed by atoms with Crippen LogP contribution in [0.3, 0.4) is 0 Å². The van der Waals surface area contributed by atoms with Gasteiger partial charge in [0.25, 0.3) is 0 Å². The number of nitrogens with two attached hydrogens (primary N) is 1. The van der Waals surface area contributed by atoms with E-state index >= 15 is 0 Å². The largest absolute Gasteiger partial charge is 0.480 e. The van der Waals surface area contributed by atoms with Gasteiger partial charge in [-0.25, -0.2) is 0 Å². The van der Waals surface area contributed by atoms with Gasteiger partial charge in [-0.2, -0.15) is 0 Å². The third-order valence-electron chi connectivity index (χ3n) is 2.45. The molecule has 16 heavy (non-hydrogen) atoms. The third kappa shape index (κ3) is 1.86. The molecule has 0 bridgehead atoms. The van der Waals surface area contributed by atoms with E-state index in [1.165, 1.54) is 0 Å². The molecule has 1 unspecified atom stereocenters. The van der Waals surface area contributed by atoms with Gasteiger partial charge in [-0.3, -0.25) is 4.79 Å². The molecule has 1 heterocycles. The van der Waals surface area contributed by atoms with Gasteiger partial charge in [-0.15, -0.1) is 11.3 Å². The molecule has 2 rings (SSSR count). The van der Waals surface area contributed by atoms with Gasteiger partial charge in [0.15, 0.2) is 0 Å². The number of aryl methyl sites for hydroxylation is 1. The predicted octanol–water partition coefficient (Wildman–Crippen LogP) is 3.06. The maximum absolute atomic E-state index is 10.9. The number of carboxylic acid groups (broad SMARTS) is 1. The molecule has 0 saturated heterocycles. The van der Waals surface area contributed by atoms with E-state index in [4.69, 9.17) is 10.8 Å². The molecular weight excluding hydrogens is 290 g/mol. The number of carboxylic acids is 1. The molecule has 0 radical (unpaired) electrons. The number of fused-ring (bicyclic) bond motifs is 1. The van der Waals surface area contributed by atoms with Gasteiger partial charge in [0.1, 0.15) is 6.04 Å². The first-order valence-electron chi connectivity index (χ1n) is 4.67. The van der Waals surface area contributed by atoms with Crippen LogP contribution in [0.4, 0.5) is 0 Å². The Kier molecular flexibility index (Phi) is 3.01. The predicted molar refractivity (Wildman–Crippen MR) is 68.8 cm³/mol. The molecule has 1 atom stereocenters. The summed E-state index contributed by atoms with van der Waals surface area (Å²) < 4.78 is 1.99. The quantitative estimate of drug-likeness (QED) is 0.896. The van der Waals surface area contributed by atoms with Crippen LogP contribution in [0.25, 0.3) is 10.1 Å². The summed E-state index contributed by atoms with van der Waals surface area (Å²) in [7, 11) is 0. The first-order chi connectivity index (χ1) is 7.50. The van der Waals surface area contributed by atoms with Crippen molar-refractivity contribution < 1.29 is 9.90 Å². The summed E-state index contributed by atoms with van der Waals surface area (Å²) in [5.74, 6) is -0.997. The van der Waals surface area contributed by atoms with Gasteiger partial charge in [0.05, 0.1) is 0 Å². The fourth-order valence-electron chi connectivity index (χ4n) is 1.72. The molecule has 1 aromatic carbocycles. The van der Waals surface area contributed by atoms with E-state index in [-0.39, 0.29) is 0 Å². The molecule has 2 aromatic rings. The number of benzene rings is 1. The van der Waals surface area contributed by atoms with Gasteiger partial charge in [-0.05, 0) is 30.5 Å². The first kappa shape index (κ1) is 11.6. The van der Waals surface area contributed by atoms with Gasteiger partial charge < -0.3 is 10.8 Å². The number of hydrogen-bond donors (Lipinski definition) is 2. The van der Waals surface area contributed by atoms with E-state index in [1.54, 1.807) is 11.3 Å². The Morgan fingerprint density at radius 3 is 2.88 bits per heavy atom. The second kappa shape index (κ2) is 4.16. The van der Waals surface area contributed by atoms with E-state index in [0.717, 1.165) is 19.4 Å². The Morgan fingerprint density at radius 1 is 1.56 bits per heavy atom. The van der Waals surface area contributed by atoms with Crippen molar-refractivity contribution in [1.82, 2.24) is 0 Å². The molecule has 0 aliphatic heterocycles. The molecule has 0 amide bonds. The summed E-state index contributed by atoms with van der Waals surface area (Å²) in [6, 6.07) is 4.86. The zero-order valence-electron chi connectivity index (χ0n) is 8.53. The highest BCUT2D eigenvalue weighted by Crippen LogP contribution is 2.35. The van der Waals surface area contributed by atoms with Crippen molar-refractivity contribution in [2.24, 2.45) is 5.73 Å². The van der Waals surface area contributed by atoms with Crippen LogP contribution in [0.5, 0.6) is 0 Å². The molecule has 0 spiro atoms. The Balaban J connectivity index is 2.72. The van der Waals surface area contributed by atoms with Crippen molar-refractivity contribution in [2.75, 3.05) is 0 Å². The molecule has 0 fully saturated rings. The van der Waals surface area contributed by atoms with Crippen LogP contribution in [0.15, 0.2) is 22.7 Å². The van der Waals surface area contributed by atoms with Crippen LogP contribution >= 0.6 is 27.3 Å². The first-order valence-corrected chi connectivity index (χ1v) is 6.28. The highest BCUT2D eigenvalue weighted by molar-refractivity contribution is 9.10. The summed E-state index contributed by atoms with van der Waals surface area (Å²) >= 11 is 4.95. The molecule has 3 nitrogen and oxygen atoms in total. The summed E-state index contributed by atoms with van der Waals surface area (Å²) in [6.45, 7) is 1.90. The minimum atomic E-state index is -0.997. The van der Waals surface area contributed by atoms with Gasteiger partial charge in [0, 0.05) is 19.6 Å². The zero-order valence-corrected chi connectivity index (χ0v) is 10.9. The van der Waals surface area contributed by atoms with Crippen LogP contribution in [-0.4, -0.2) is 11.1 Å².